The van der Waals surface area contributed by atoms with E-state index in [-0.39, 0.29) is 5.91 Å². The Balaban J connectivity index is 1.64. The fourth-order valence-corrected chi connectivity index (χ4v) is 2.91. The van der Waals surface area contributed by atoms with Crippen LogP contribution >= 0.6 is 11.3 Å². The molecule has 0 unspecified atom stereocenters. The van der Waals surface area contributed by atoms with Crippen molar-refractivity contribution in [3.63, 3.8) is 0 Å². The van der Waals surface area contributed by atoms with E-state index in [9.17, 15) is 4.79 Å². The number of hydrogen-bond donors (Lipinski definition) is 1. The molecule has 1 amide bonds. The molecule has 0 saturated heterocycles. The minimum atomic E-state index is -0.284. The van der Waals surface area contributed by atoms with Crippen LogP contribution in [0.15, 0.2) is 36.8 Å². The van der Waals surface area contributed by atoms with Gasteiger partial charge in [0.15, 0.2) is 10.7 Å². The largest absolute Gasteiger partial charge is 0.317 e. The highest BCUT2D eigenvalue weighted by Gasteiger charge is 2.13. The Morgan fingerprint density at radius 3 is 3.14 bits per heavy atom. The van der Waals surface area contributed by atoms with Gasteiger partial charge in [-0.2, -0.15) is 5.10 Å². The summed E-state index contributed by atoms with van der Waals surface area (Å²) in [7, 11) is 0. The second kappa shape index (κ2) is 4.85. The topological polar surface area (TPSA) is 85.1 Å². The first-order chi connectivity index (χ1) is 10.7. The molecule has 4 heterocycles. The van der Waals surface area contributed by atoms with E-state index in [1.807, 2.05) is 19.1 Å². The van der Waals surface area contributed by atoms with E-state index in [2.05, 4.69) is 25.4 Å². The van der Waals surface area contributed by atoms with Crippen LogP contribution in [0.2, 0.25) is 0 Å². The average molecular weight is 310 g/mol. The number of hydrogen-bond acceptors (Lipinski definition) is 6. The summed E-state index contributed by atoms with van der Waals surface area (Å²) in [6.45, 7) is 1.89. The molecule has 0 fully saturated rings. The molecule has 4 aromatic heterocycles. The molecule has 0 bridgehead atoms. The van der Waals surface area contributed by atoms with E-state index < -0.39 is 0 Å². The molecule has 0 saturated carbocycles. The van der Waals surface area contributed by atoms with Crippen LogP contribution in [0.5, 0.6) is 0 Å². The van der Waals surface area contributed by atoms with Crippen molar-refractivity contribution in [1.82, 2.24) is 24.6 Å². The number of nitrogens with zero attached hydrogens (tertiary/aromatic N) is 5. The van der Waals surface area contributed by atoms with Crippen molar-refractivity contribution in [2.45, 2.75) is 6.92 Å². The Kier molecular flexibility index (Phi) is 2.83. The van der Waals surface area contributed by atoms with Crippen molar-refractivity contribution < 1.29 is 4.79 Å². The number of carbonyl (C=O) groups excluding carboxylic acids is 1. The molecule has 4 rings (SSSR count). The third-order valence-corrected chi connectivity index (χ3v) is 4.03. The molecule has 22 heavy (non-hydrogen) atoms. The maximum atomic E-state index is 12.3. The molecule has 0 aliphatic rings. The number of pyridine rings is 1. The zero-order valence-electron chi connectivity index (χ0n) is 11.5. The highest BCUT2D eigenvalue weighted by atomic mass is 32.1. The normalized spacial score (nSPS) is 11.1. The summed E-state index contributed by atoms with van der Waals surface area (Å²) < 4.78 is 1.63. The van der Waals surface area contributed by atoms with Crippen LogP contribution in [0.1, 0.15) is 15.5 Å². The van der Waals surface area contributed by atoms with Crippen LogP contribution in [0, 0.1) is 6.92 Å². The molecule has 7 nitrogen and oxygen atoms in total. The number of aromatic nitrogens is 5. The number of fused-ring (bicyclic) bond motifs is 2. The van der Waals surface area contributed by atoms with Gasteiger partial charge in [0, 0.05) is 12.3 Å². The van der Waals surface area contributed by atoms with Crippen molar-refractivity contribution in [2.75, 3.05) is 5.32 Å². The van der Waals surface area contributed by atoms with E-state index in [1.165, 1.54) is 11.3 Å². The Hall–Kier alpha value is -2.87. The first-order valence-corrected chi connectivity index (χ1v) is 7.36. The van der Waals surface area contributed by atoms with E-state index >= 15 is 0 Å². The predicted octanol–water partition coefficient (Wildman–Crippen LogP) is 2.29. The maximum Gasteiger partial charge on any atom is 0.284 e. The summed E-state index contributed by atoms with van der Waals surface area (Å²) in [6, 6.07) is 5.49. The van der Waals surface area contributed by atoms with Gasteiger partial charge in [-0.3, -0.25) is 4.79 Å². The van der Waals surface area contributed by atoms with Gasteiger partial charge in [0.2, 0.25) is 0 Å². The van der Waals surface area contributed by atoms with Crippen molar-refractivity contribution in [3.8, 4) is 0 Å². The summed E-state index contributed by atoms with van der Waals surface area (Å²) in [5, 5.41) is 7.41. The Morgan fingerprint density at radius 2 is 2.27 bits per heavy atom. The highest BCUT2D eigenvalue weighted by Crippen LogP contribution is 2.20. The van der Waals surface area contributed by atoms with Crippen LogP contribution in [-0.2, 0) is 0 Å². The SMILES string of the molecule is Cc1cc2ncc(NC(=O)c3nc4cccnc4s3)cn2n1. The van der Waals surface area contributed by atoms with Crippen molar-refractivity contribution in [2.24, 2.45) is 0 Å². The summed E-state index contributed by atoms with van der Waals surface area (Å²) in [5.74, 6) is -0.284. The monoisotopic (exact) mass is 310 g/mol. The molecule has 0 atom stereocenters. The summed E-state index contributed by atoms with van der Waals surface area (Å²) in [4.78, 5) is 25.7. The molecule has 0 radical (unpaired) electrons. The van der Waals surface area contributed by atoms with E-state index in [1.54, 1.807) is 29.2 Å². The number of thiazole rings is 1. The molecule has 0 spiro atoms. The van der Waals surface area contributed by atoms with Gasteiger partial charge in [-0.15, -0.1) is 0 Å². The lowest BCUT2D eigenvalue weighted by molar-refractivity contribution is 0.102. The highest BCUT2D eigenvalue weighted by molar-refractivity contribution is 7.20. The zero-order chi connectivity index (χ0) is 15.1. The van der Waals surface area contributed by atoms with Crippen LogP contribution in [0.25, 0.3) is 16.0 Å². The lowest BCUT2D eigenvalue weighted by atomic mass is 10.4. The van der Waals surface area contributed by atoms with Gasteiger partial charge in [-0.25, -0.2) is 19.5 Å². The molecular weight excluding hydrogens is 300 g/mol. The second-order valence-electron chi connectivity index (χ2n) is 4.73. The number of nitrogens with one attached hydrogen (secondary N) is 1. The first kappa shape index (κ1) is 12.8. The number of amides is 1. The molecule has 1 N–H and O–H groups in total. The molecule has 0 aliphatic heterocycles. The van der Waals surface area contributed by atoms with Crippen molar-refractivity contribution in [3.05, 3.63) is 47.5 Å². The molecule has 0 aromatic carbocycles. The number of aryl methyl sites for hydroxylation is 1. The minimum Gasteiger partial charge on any atom is -0.317 e. The summed E-state index contributed by atoms with van der Waals surface area (Å²) in [6.07, 6.45) is 5.00. The van der Waals surface area contributed by atoms with Crippen molar-refractivity contribution >= 4 is 38.9 Å². The Bertz CT molecular complexity index is 972. The van der Waals surface area contributed by atoms with E-state index in [0.29, 0.717) is 16.2 Å². The molecule has 0 aliphatic carbocycles. The third-order valence-electron chi connectivity index (χ3n) is 3.05. The lowest BCUT2D eigenvalue weighted by Gasteiger charge is -2.02. The molecule has 4 aromatic rings. The van der Waals surface area contributed by atoms with E-state index in [0.717, 1.165) is 16.2 Å². The molecule has 8 heteroatoms. The van der Waals surface area contributed by atoms with Gasteiger partial charge in [-0.05, 0) is 19.1 Å². The van der Waals surface area contributed by atoms with Gasteiger partial charge in [-0.1, -0.05) is 11.3 Å². The van der Waals surface area contributed by atoms with Gasteiger partial charge in [0.05, 0.1) is 23.8 Å². The smallest absolute Gasteiger partial charge is 0.284 e. The van der Waals surface area contributed by atoms with Crippen LogP contribution in [0.3, 0.4) is 0 Å². The number of anilines is 1. The van der Waals surface area contributed by atoms with Gasteiger partial charge in [0.25, 0.3) is 5.91 Å². The quantitative estimate of drug-likeness (QED) is 0.614. The summed E-state index contributed by atoms with van der Waals surface area (Å²) in [5.41, 5.74) is 2.88. The second-order valence-corrected chi connectivity index (χ2v) is 5.71. The fourth-order valence-electron chi connectivity index (χ4n) is 2.11. The van der Waals surface area contributed by atoms with Gasteiger partial charge >= 0.3 is 0 Å². The maximum absolute atomic E-state index is 12.3. The first-order valence-electron chi connectivity index (χ1n) is 6.54. The predicted molar refractivity (Wildman–Crippen MR) is 83.1 cm³/mol. The van der Waals surface area contributed by atoms with Crippen LogP contribution in [0.4, 0.5) is 5.69 Å². The lowest BCUT2D eigenvalue weighted by Crippen LogP contribution is -2.12. The molecule has 108 valence electrons. The Morgan fingerprint density at radius 1 is 1.36 bits per heavy atom. The fraction of sp³-hybridized carbons (Fsp3) is 0.0714. The van der Waals surface area contributed by atoms with Gasteiger partial charge < -0.3 is 5.32 Å². The summed E-state index contributed by atoms with van der Waals surface area (Å²) >= 11 is 1.26. The zero-order valence-corrected chi connectivity index (χ0v) is 12.3. The van der Waals surface area contributed by atoms with Crippen LogP contribution in [-0.4, -0.2) is 30.5 Å². The van der Waals surface area contributed by atoms with Gasteiger partial charge in [0.1, 0.15) is 10.3 Å². The number of rotatable bonds is 2. The van der Waals surface area contributed by atoms with E-state index in [4.69, 9.17) is 0 Å². The van der Waals surface area contributed by atoms with Crippen LogP contribution < -0.4 is 5.32 Å². The Labute approximate surface area is 128 Å². The number of carbonyl (C=O) groups is 1. The third kappa shape index (κ3) is 2.19. The van der Waals surface area contributed by atoms with Crippen molar-refractivity contribution in [1.29, 1.82) is 0 Å². The minimum absolute atomic E-state index is 0.284. The average Bonchev–Trinajstić information content (AvgIpc) is 3.08. The molecular formula is C14H10N6OS. The standard InChI is InChI=1S/C14H10N6OS/c1-8-5-11-16-6-9(7-20(11)19-8)17-12(21)14-18-10-3-2-4-15-13(10)22-14/h2-7H,1H3,(H,17,21).